The minimum Gasteiger partial charge on any atom is -0.336 e. The van der Waals surface area contributed by atoms with E-state index < -0.39 is 0 Å². The van der Waals surface area contributed by atoms with E-state index in [0.29, 0.717) is 24.7 Å². The van der Waals surface area contributed by atoms with Crippen LogP contribution in [0.5, 0.6) is 0 Å². The maximum Gasteiger partial charge on any atom is 0.272 e. The second-order valence-electron chi connectivity index (χ2n) is 7.15. The van der Waals surface area contributed by atoms with Gasteiger partial charge in [-0.1, -0.05) is 68.4 Å². The monoisotopic (exact) mass is 361 g/mol. The maximum atomic E-state index is 12.9. The quantitative estimate of drug-likeness (QED) is 0.622. The van der Waals surface area contributed by atoms with E-state index in [2.05, 4.69) is 55.3 Å². The molecule has 0 unspecified atom stereocenters. The average molecular weight is 361 g/mol. The highest BCUT2D eigenvalue weighted by Crippen LogP contribution is 2.20. The van der Waals surface area contributed by atoms with E-state index >= 15 is 0 Å². The summed E-state index contributed by atoms with van der Waals surface area (Å²) in [5, 5.41) is 4.55. The second kappa shape index (κ2) is 8.21. The molecule has 1 aromatic heterocycles. The molecule has 3 aromatic rings. The molecule has 0 aliphatic heterocycles. The Morgan fingerprint density at radius 3 is 2.26 bits per heavy atom. The molecule has 4 heteroatoms. The molecule has 2 aromatic carbocycles. The highest BCUT2D eigenvalue weighted by atomic mass is 16.2. The Kier molecular flexibility index (Phi) is 5.75. The van der Waals surface area contributed by atoms with E-state index in [1.165, 1.54) is 11.1 Å². The molecule has 0 N–H and O–H groups in total. The summed E-state index contributed by atoms with van der Waals surface area (Å²) in [5.41, 5.74) is 5.10. The van der Waals surface area contributed by atoms with Gasteiger partial charge >= 0.3 is 0 Å². The minimum absolute atomic E-state index is 0.00314. The van der Waals surface area contributed by atoms with Gasteiger partial charge in [0.25, 0.3) is 5.91 Å². The smallest absolute Gasteiger partial charge is 0.272 e. The summed E-state index contributed by atoms with van der Waals surface area (Å²) >= 11 is 0. The summed E-state index contributed by atoms with van der Waals surface area (Å²) in [4.78, 5) is 14.7. The first-order chi connectivity index (χ1) is 13.0. The van der Waals surface area contributed by atoms with Crippen LogP contribution in [0.3, 0.4) is 0 Å². The first-order valence-electron chi connectivity index (χ1n) is 9.47. The lowest BCUT2D eigenvalue weighted by Gasteiger charge is -2.18. The van der Waals surface area contributed by atoms with Crippen LogP contribution in [0.1, 0.15) is 48.4 Å². The Bertz CT molecular complexity index is 895. The highest BCUT2D eigenvalue weighted by molar-refractivity contribution is 5.92. The van der Waals surface area contributed by atoms with E-state index in [-0.39, 0.29) is 5.91 Å². The topological polar surface area (TPSA) is 38.1 Å². The van der Waals surface area contributed by atoms with Crippen LogP contribution in [0.2, 0.25) is 0 Å². The van der Waals surface area contributed by atoms with Crippen molar-refractivity contribution in [1.29, 1.82) is 0 Å². The van der Waals surface area contributed by atoms with Crippen LogP contribution in [0.15, 0.2) is 60.7 Å². The Morgan fingerprint density at radius 2 is 1.67 bits per heavy atom. The fourth-order valence-corrected chi connectivity index (χ4v) is 3.11. The molecule has 4 nitrogen and oxygen atoms in total. The van der Waals surface area contributed by atoms with E-state index in [4.69, 9.17) is 0 Å². The number of aryl methyl sites for hydroxylation is 1. The number of nitrogens with zero attached hydrogens (tertiary/aromatic N) is 3. The van der Waals surface area contributed by atoms with E-state index in [9.17, 15) is 4.79 Å². The molecule has 0 spiro atoms. The van der Waals surface area contributed by atoms with E-state index in [1.807, 2.05) is 38.2 Å². The molecule has 0 atom stereocenters. The van der Waals surface area contributed by atoms with Crippen LogP contribution >= 0.6 is 0 Å². The summed E-state index contributed by atoms with van der Waals surface area (Å²) < 4.78 is 1.80. The summed E-state index contributed by atoms with van der Waals surface area (Å²) in [5.74, 6) is 0.309. The number of amides is 1. The molecule has 0 radical (unpaired) electrons. The summed E-state index contributed by atoms with van der Waals surface area (Å²) in [6, 6.07) is 20.6. The molecule has 0 saturated carbocycles. The van der Waals surface area contributed by atoms with Crippen molar-refractivity contribution in [3.8, 4) is 11.1 Å². The molecule has 27 heavy (non-hydrogen) atoms. The molecule has 140 valence electrons. The predicted molar refractivity (Wildman–Crippen MR) is 110 cm³/mol. The third-order valence-corrected chi connectivity index (χ3v) is 4.74. The summed E-state index contributed by atoms with van der Waals surface area (Å²) in [7, 11) is 1.84. The van der Waals surface area contributed by atoms with Crippen LogP contribution in [0, 0.1) is 0 Å². The number of carbonyl (C=O) groups is 1. The lowest BCUT2D eigenvalue weighted by atomic mass is 10.0. The molecule has 0 saturated heterocycles. The lowest BCUT2D eigenvalue weighted by molar-refractivity contribution is 0.0773. The van der Waals surface area contributed by atoms with E-state index in [1.54, 1.807) is 9.58 Å². The van der Waals surface area contributed by atoms with Crippen molar-refractivity contribution in [2.24, 2.45) is 0 Å². The minimum atomic E-state index is 0.00314. The van der Waals surface area contributed by atoms with Crippen molar-refractivity contribution in [1.82, 2.24) is 14.7 Å². The Hall–Kier alpha value is -2.88. The van der Waals surface area contributed by atoms with Gasteiger partial charge in [0.2, 0.25) is 0 Å². The van der Waals surface area contributed by atoms with Crippen molar-refractivity contribution >= 4 is 5.91 Å². The maximum absolute atomic E-state index is 12.9. The van der Waals surface area contributed by atoms with Gasteiger partial charge in [0.05, 0.1) is 5.69 Å². The standard InChI is InChI=1S/C23H27N3O/c1-5-26-22(15-21(24-26)17(2)3)23(27)25(4)16-18-11-13-20(14-12-18)19-9-7-6-8-10-19/h6-15,17H,5,16H2,1-4H3. The molecule has 0 aliphatic rings. The third kappa shape index (κ3) is 4.27. The zero-order valence-electron chi connectivity index (χ0n) is 16.5. The van der Waals surface area contributed by atoms with Crippen molar-refractivity contribution in [2.45, 2.75) is 39.8 Å². The molecule has 1 heterocycles. The van der Waals surface area contributed by atoms with Gasteiger partial charge in [-0.2, -0.15) is 5.10 Å². The number of rotatable bonds is 6. The molecular weight excluding hydrogens is 334 g/mol. The second-order valence-corrected chi connectivity index (χ2v) is 7.15. The Balaban J connectivity index is 1.73. The zero-order valence-corrected chi connectivity index (χ0v) is 16.5. The average Bonchev–Trinajstić information content (AvgIpc) is 3.13. The zero-order chi connectivity index (χ0) is 19.4. The first kappa shape index (κ1) is 18.9. The van der Waals surface area contributed by atoms with Crippen LogP contribution < -0.4 is 0 Å². The van der Waals surface area contributed by atoms with Gasteiger partial charge in [-0.25, -0.2) is 0 Å². The van der Waals surface area contributed by atoms with Gasteiger partial charge in [0, 0.05) is 20.1 Å². The van der Waals surface area contributed by atoms with E-state index in [0.717, 1.165) is 11.3 Å². The fourth-order valence-electron chi connectivity index (χ4n) is 3.11. The SMILES string of the molecule is CCn1nc(C(C)C)cc1C(=O)N(C)Cc1ccc(-c2ccccc2)cc1. The van der Waals surface area contributed by atoms with Gasteiger partial charge in [-0.05, 0) is 35.6 Å². The Morgan fingerprint density at radius 1 is 1.04 bits per heavy atom. The van der Waals surface area contributed by atoms with Crippen molar-refractivity contribution in [3.05, 3.63) is 77.6 Å². The van der Waals surface area contributed by atoms with Crippen LogP contribution in [-0.4, -0.2) is 27.6 Å². The van der Waals surface area contributed by atoms with Gasteiger partial charge < -0.3 is 4.90 Å². The van der Waals surface area contributed by atoms with Gasteiger partial charge in [0.15, 0.2) is 0 Å². The van der Waals surface area contributed by atoms with Gasteiger partial charge in [-0.15, -0.1) is 0 Å². The summed E-state index contributed by atoms with van der Waals surface area (Å²) in [6.07, 6.45) is 0. The predicted octanol–water partition coefficient (Wildman–Crippen LogP) is 4.97. The number of hydrogen-bond acceptors (Lipinski definition) is 2. The van der Waals surface area contributed by atoms with Crippen molar-refractivity contribution in [2.75, 3.05) is 7.05 Å². The Labute approximate surface area is 161 Å². The molecular formula is C23H27N3O. The largest absolute Gasteiger partial charge is 0.336 e. The van der Waals surface area contributed by atoms with Crippen LogP contribution in [0.25, 0.3) is 11.1 Å². The normalized spacial score (nSPS) is 11.0. The highest BCUT2D eigenvalue weighted by Gasteiger charge is 2.19. The lowest BCUT2D eigenvalue weighted by Crippen LogP contribution is -2.28. The number of benzene rings is 2. The first-order valence-corrected chi connectivity index (χ1v) is 9.47. The fraction of sp³-hybridized carbons (Fsp3) is 0.304. The third-order valence-electron chi connectivity index (χ3n) is 4.74. The molecule has 0 aliphatic carbocycles. The molecule has 1 amide bonds. The molecule has 0 fully saturated rings. The number of aromatic nitrogens is 2. The summed E-state index contributed by atoms with van der Waals surface area (Å²) in [6.45, 7) is 7.45. The van der Waals surface area contributed by atoms with Crippen LogP contribution in [0.4, 0.5) is 0 Å². The van der Waals surface area contributed by atoms with Crippen molar-refractivity contribution < 1.29 is 4.79 Å². The molecule has 0 bridgehead atoms. The van der Waals surface area contributed by atoms with Crippen LogP contribution in [-0.2, 0) is 13.1 Å². The van der Waals surface area contributed by atoms with Gasteiger partial charge in [-0.3, -0.25) is 9.48 Å². The number of hydrogen-bond donors (Lipinski definition) is 0. The van der Waals surface area contributed by atoms with Gasteiger partial charge in [0.1, 0.15) is 5.69 Å². The number of carbonyl (C=O) groups excluding carboxylic acids is 1. The molecule has 3 rings (SSSR count). The van der Waals surface area contributed by atoms with Crippen molar-refractivity contribution in [3.63, 3.8) is 0 Å².